The van der Waals surface area contributed by atoms with Gasteiger partial charge in [0.2, 0.25) is 5.91 Å². The summed E-state index contributed by atoms with van der Waals surface area (Å²) >= 11 is 3.43. The van der Waals surface area contributed by atoms with Crippen molar-refractivity contribution in [3.8, 4) is 0 Å². The molecule has 3 rings (SSSR count). The molecule has 1 aromatic rings. The second kappa shape index (κ2) is 5.20. The molecule has 0 radical (unpaired) electrons. The maximum Gasteiger partial charge on any atom is 0.255 e. The highest BCUT2D eigenvalue weighted by Gasteiger charge is 2.45. The van der Waals surface area contributed by atoms with Gasteiger partial charge in [-0.15, -0.1) is 0 Å². The topological polar surface area (TPSA) is 40.6 Å². The van der Waals surface area contributed by atoms with E-state index in [1.807, 2.05) is 36.2 Å². The normalized spacial score (nSPS) is 25.8. The average Bonchev–Trinajstić information content (AvgIpc) is 2.74. The third kappa shape index (κ3) is 2.14. The first-order chi connectivity index (χ1) is 9.59. The molecule has 2 heterocycles. The lowest BCUT2D eigenvalue weighted by molar-refractivity contribution is -0.130. The Bertz CT molecular complexity index is 561. The Morgan fingerprint density at radius 2 is 2.10 bits per heavy atom. The van der Waals surface area contributed by atoms with E-state index in [0.29, 0.717) is 12.1 Å². The molecule has 1 aromatic carbocycles. The van der Waals surface area contributed by atoms with Crippen LogP contribution in [0.25, 0.3) is 0 Å². The van der Waals surface area contributed by atoms with Crippen LogP contribution in [0.4, 0.5) is 0 Å². The minimum absolute atomic E-state index is 0.0137. The van der Waals surface area contributed by atoms with Crippen molar-refractivity contribution in [3.63, 3.8) is 0 Å². The number of hydrogen-bond donors (Lipinski definition) is 0. The molecule has 0 unspecified atom stereocenters. The molecule has 0 bridgehead atoms. The largest absolute Gasteiger partial charge is 0.343 e. The van der Waals surface area contributed by atoms with Crippen molar-refractivity contribution >= 4 is 27.7 Å². The third-order valence-corrected chi connectivity index (χ3v) is 4.99. The molecule has 0 spiro atoms. The van der Waals surface area contributed by atoms with Crippen LogP contribution in [0.3, 0.4) is 0 Å². The molecule has 0 aromatic heterocycles. The first kappa shape index (κ1) is 13.6. The fourth-order valence-corrected chi connectivity index (χ4v) is 3.72. The fraction of sp³-hybridized carbons (Fsp3) is 0.467. The number of benzene rings is 1. The van der Waals surface area contributed by atoms with Crippen LogP contribution in [0.5, 0.6) is 0 Å². The van der Waals surface area contributed by atoms with Gasteiger partial charge in [0.05, 0.1) is 17.5 Å². The van der Waals surface area contributed by atoms with Crippen LogP contribution in [0.1, 0.15) is 23.2 Å². The number of halogens is 1. The molecule has 20 heavy (non-hydrogen) atoms. The third-order valence-electron chi connectivity index (χ3n) is 4.30. The number of hydrogen-bond acceptors (Lipinski definition) is 2. The number of fused-ring (bicyclic) bond motifs is 1. The van der Waals surface area contributed by atoms with Crippen molar-refractivity contribution in [3.05, 3.63) is 34.3 Å². The Morgan fingerprint density at radius 1 is 1.35 bits per heavy atom. The molecule has 2 atom stereocenters. The molecule has 4 nitrogen and oxygen atoms in total. The zero-order chi connectivity index (χ0) is 14.3. The minimum atomic E-state index is -0.0137. The summed E-state index contributed by atoms with van der Waals surface area (Å²) in [4.78, 5) is 28.5. The number of piperidine rings is 1. The smallest absolute Gasteiger partial charge is 0.255 e. The molecular formula is C15H17BrN2O2. The molecule has 5 heteroatoms. The Hall–Kier alpha value is -1.36. The number of amides is 2. The molecule has 2 amide bonds. The number of carbonyl (C=O) groups excluding carboxylic acids is 2. The molecule has 2 aliphatic rings. The summed E-state index contributed by atoms with van der Waals surface area (Å²) in [5.41, 5.74) is 0.676. The summed E-state index contributed by atoms with van der Waals surface area (Å²) in [6.07, 6.45) is 1.80. The maximum atomic E-state index is 12.7. The van der Waals surface area contributed by atoms with Crippen molar-refractivity contribution in [1.29, 1.82) is 0 Å². The van der Waals surface area contributed by atoms with Gasteiger partial charge in [-0.1, -0.05) is 12.1 Å². The van der Waals surface area contributed by atoms with Gasteiger partial charge in [-0.05, 0) is 40.9 Å². The minimum Gasteiger partial charge on any atom is -0.343 e. The summed E-state index contributed by atoms with van der Waals surface area (Å²) in [5.74, 6) is 0.190. The summed E-state index contributed by atoms with van der Waals surface area (Å²) in [6, 6.07) is 7.50. The van der Waals surface area contributed by atoms with Crippen LogP contribution in [0.15, 0.2) is 28.7 Å². The first-order valence-corrected chi connectivity index (χ1v) is 7.69. The monoisotopic (exact) mass is 336 g/mol. The van der Waals surface area contributed by atoms with Crippen molar-refractivity contribution in [1.82, 2.24) is 9.80 Å². The predicted octanol–water partition coefficient (Wildman–Crippen LogP) is 2.14. The van der Waals surface area contributed by atoms with Crippen molar-refractivity contribution in [2.75, 3.05) is 20.1 Å². The van der Waals surface area contributed by atoms with Crippen LogP contribution < -0.4 is 0 Å². The van der Waals surface area contributed by atoms with Crippen molar-refractivity contribution in [2.45, 2.75) is 18.9 Å². The number of likely N-dealkylation sites (N-methyl/N-ethyl adjacent to an activating group) is 1. The second-order valence-corrected chi connectivity index (χ2v) is 6.37. The first-order valence-electron chi connectivity index (χ1n) is 6.90. The highest BCUT2D eigenvalue weighted by atomic mass is 79.9. The molecule has 0 N–H and O–H groups in total. The summed E-state index contributed by atoms with van der Waals surface area (Å²) in [7, 11) is 1.82. The maximum absolute atomic E-state index is 12.7. The van der Waals surface area contributed by atoms with E-state index in [1.54, 1.807) is 4.90 Å². The highest BCUT2D eigenvalue weighted by Crippen LogP contribution is 2.32. The van der Waals surface area contributed by atoms with Crippen molar-refractivity contribution < 1.29 is 9.59 Å². The summed E-state index contributed by atoms with van der Waals surface area (Å²) in [6.45, 7) is 1.39. The number of nitrogens with zero attached hydrogens (tertiary/aromatic N) is 2. The number of likely N-dealkylation sites (tertiary alicyclic amines) is 2. The predicted molar refractivity (Wildman–Crippen MR) is 79.3 cm³/mol. The van der Waals surface area contributed by atoms with Crippen LogP contribution in [0, 0.1) is 5.92 Å². The quantitative estimate of drug-likeness (QED) is 0.788. The van der Waals surface area contributed by atoms with Gasteiger partial charge in [0.25, 0.3) is 5.91 Å². The van der Waals surface area contributed by atoms with E-state index < -0.39 is 0 Å². The van der Waals surface area contributed by atoms with E-state index in [2.05, 4.69) is 15.9 Å². The van der Waals surface area contributed by atoms with Crippen LogP contribution in [0.2, 0.25) is 0 Å². The average molecular weight is 337 g/mol. The Labute approximate surface area is 126 Å². The van der Waals surface area contributed by atoms with E-state index in [0.717, 1.165) is 23.9 Å². The fourth-order valence-electron chi connectivity index (χ4n) is 3.27. The van der Waals surface area contributed by atoms with Crippen LogP contribution in [-0.2, 0) is 4.79 Å². The van der Waals surface area contributed by atoms with Gasteiger partial charge in [-0.2, -0.15) is 0 Å². The molecule has 2 saturated heterocycles. The lowest BCUT2D eigenvalue weighted by Crippen LogP contribution is -2.48. The van der Waals surface area contributed by atoms with E-state index in [1.165, 1.54) is 0 Å². The van der Waals surface area contributed by atoms with Crippen molar-refractivity contribution in [2.24, 2.45) is 5.92 Å². The van der Waals surface area contributed by atoms with E-state index in [9.17, 15) is 9.59 Å². The molecular weight excluding hydrogens is 320 g/mol. The Balaban J connectivity index is 1.88. The SMILES string of the molecule is CN1C[C@@H]2[C@@H](CCCN2C(=O)c2ccccc2Br)C1=O. The molecule has 0 aliphatic carbocycles. The second-order valence-electron chi connectivity index (χ2n) is 5.51. The Kier molecular flexibility index (Phi) is 3.54. The lowest BCUT2D eigenvalue weighted by atomic mass is 9.91. The number of rotatable bonds is 1. The van der Waals surface area contributed by atoms with Gasteiger partial charge >= 0.3 is 0 Å². The molecule has 0 saturated carbocycles. The van der Waals surface area contributed by atoms with Gasteiger partial charge in [0.15, 0.2) is 0 Å². The van der Waals surface area contributed by atoms with E-state index in [-0.39, 0.29) is 23.8 Å². The van der Waals surface area contributed by atoms with Gasteiger partial charge in [0, 0.05) is 24.6 Å². The highest BCUT2D eigenvalue weighted by molar-refractivity contribution is 9.10. The summed E-state index contributed by atoms with van der Waals surface area (Å²) in [5, 5.41) is 0. The van der Waals surface area contributed by atoms with Crippen LogP contribution >= 0.6 is 15.9 Å². The van der Waals surface area contributed by atoms with E-state index >= 15 is 0 Å². The van der Waals surface area contributed by atoms with Gasteiger partial charge in [-0.25, -0.2) is 0 Å². The zero-order valence-corrected chi connectivity index (χ0v) is 13.0. The molecule has 2 aliphatic heterocycles. The summed E-state index contributed by atoms with van der Waals surface area (Å²) < 4.78 is 0.810. The zero-order valence-electron chi connectivity index (χ0n) is 11.4. The standard InChI is InChI=1S/C15H17BrN2O2/c1-17-9-13-11(14(17)19)6-4-8-18(13)15(20)10-5-2-3-7-12(10)16/h2-3,5,7,11,13H,4,6,8-9H2,1H3/t11-,13-/m1/s1. The lowest BCUT2D eigenvalue weighted by Gasteiger charge is -2.36. The Morgan fingerprint density at radius 3 is 2.85 bits per heavy atom. The number of carbonyl (C=O) groups is 2. The van der Waals surface area contributed by atoms with Gasteiger partial charge < -0.3 is 9.80 Å². The van der Waals surface area contributed by atoms with Crippen LogP contribution in [-0.4, -0.2) is 47.8 Å². The van der Waals surface area contributed by atoms with Gasteiger partial charge in [-0.3, -0.25) is 9.59 Å². The molecule has 2 fully saturated rings. The molecule has 106 valence electrons. The van der Waals surface area contributed by atoms with E-state index in [4.69, 9.17) is 0 Å². The van der Waals surface area contributed by atoms with Gasteiger partial charge in [0.1, 0.15) is 0 Å².